The molecule has 30 heavy (non-hydrogen) atoms. The van der Waals surface area contributed by atoms with Crippen LogP contribution in [0.15, 0.2) is 48.7 Å². The van der Waals surface area contributed by atoms with Crippen LogP contribution in [-0.4, -0.2) is 61.6 Å². The zero-order valence-electron chi connectivity index (χ0n) is 17.6. The van der Waals surface area contributed by atoms with Gasteiger partial charge >= 0.3 is 0 Å². The second kappa shape index (κ2) is 9.41. The number of nitrogens with zero attached hydrogens (tertiary/aromatic N) is 1. The van der Waals surface area contributed by atoms with E-state index < -0.39 is 6.10 Å². The number of ether oxygens (including phenoxy) is 3. The minimum absolute atomic E-state index is 0.248. The minimum atomic E-state index is -0.539. The molecule has 2 N–H and O–H groups in total. The highest BCUT2D eigenvalue weighted by Crippen LogP contribution is 2.33. The lowest BCUT2D eigenvalue weighted by molar-refractivity contribution is 0.0594. The average molecular weight is 411 g/mol. The summed E-state index contributed by atoms with van der Waals surface area (Å²) >= 11 is 0. The van der Waals surface area contributed by atoms with Gasteiger partial charge in [0.25, 0.3) is 0 Å². The fourth-order valence-electron chi connectivity index (χ4n) is 4.31. The first-order valence-electron chi connectivity index (χ1n) is 10.5. The standard InChI is InChI=1S/C24H30N2O4/c1-28-23-8-7-19(13-24(23)29-2)30-16-18(27)15-26-11-9-17(10-12-26)21-14-25-22-6-4-3-5-20(21)22/h3-8,13-14,17-18,25,27H,9-12,15-16H2,1-2H3. The van der Waals surface area contributed by atoms with Crippen molar-refractivity contribution in [2.75, 3.05) is 40.5 Å². The van der Waals surface area contributed by atoms with Crippen molar-refractivity contribution in [2.45, 2.75) is 24.9 Å². The van der Waals surface area contributed by atoms with Crippen LogP contribution in [0.25, 0.3) is 10.9 Å². The summed E-state index contributed by atoms with van der Waals surface area (Å²) < 4.78 is 16.3. The van der Waals surface area contributed by atoms with Crippen molar-refractivity contribution < 1.29 is 19.3 Å². The van der Waals surface area contributed by atoms with Gasteiger partial charge in [0.05, 0.1) is 14.2 Å². The minimum Gasteiger partial charge on any atom is -0.493 e. The molecule has 0 radical (unpaired) electrons. The van der Waals surface area contributed by atoms with Crippen LogP contribution in [0.4, 0.5) is 0 Å². The summed E-state index contributed by atoms with van der Waals surface area (Å²) in [6.07, 6.45) is 3.83. The zero-order valence-corrected chi connectivity index (χ0v) is 17.6. The highest BCUT2D eigenvalue weighted by Gasteiger charge is 2.24. The molecule has 3 aromatic rings. The predicted molar refractivity (Wildman–Crippen MR) is 118 cm³/mol. The first-order valence-corrected chi connectivity index (χ1v) is 10.5. The SMILES string of the molecule is COc1ccc(OCC(O)CN2CCC(c3c[nH]c4ccccc34)CC2)cc1OC. The number of aromatic nitrogens is 1. The molecule has 1 fully saturated rings. The van der Waals surface area contributed by atoms with Crippen LogP contribution in [-0.2, 0) is 0 Å². The normalized spacial score (nSPS) is 16.5. The van der Waals surface area contributed by atoms with Gasteiger partial charge in [-0.1, -0.05) is 18.2 Å². The number of hydrogen-bond acceptors (Lipinski definition) is 5. The summed E-state index contributed by atoms with van der Waals surface area (Å²) in [5, 5.41) is 11.8. The Balaban J connectivity index is 1.26. The van der Waals surface area contributed by atoms with E-state index in [0.717, 1.165) is 25.9 Å². The molecule has 0 aliphatic carbocycles. The van der Waals surface area contributed by atoms with Gasteiger partial charge in [0.1, 0.15) is 18.5 Å². The Morgan fingerprint density at radius 3 is 2.60 bits per heavy atom. The van der Waals surface area contributed by atoms with Crippen LogP contribution < -0.4 is 14.2 Å². The van der Waals surface area contributed by atoms with Crippen LogP contribution >= 0.6 is 0 Å². The number of β-amino-alcohol motifs (C(OH)–C–C–N with tert-alkyl or cyclic N) is 1. The predicted octanol–water partition coefficient (Wildman–Crippen LogP) is 3.80. The third kappa shape index (κ3) is 4.55. The van der Waals surface area contributed by atoms with E-state index in [1.54, 1.807) is 26.4 Å². The number of aliphatic hydroxyl groups is 1. The lowest BCUT2D eigenvalue weighted by Crippen LogP contribution is -2.40. The number of benzene rings is 2. The Bertz CT molecular complexity index is 963. The van der Waals surface area contributed by atoms with Crippen molar-refractivity contribution >= 4 is 10.9 Å². The quantitative estimate of drug-likeness (QED) is 0.591. The molecule has 1 saturated heterocycles. The van der Waals surface area contributed by atoms with Crippen molar-refractivity contribution in [1.82, 2.24) is 9.88 Å². The second-order valence-electron chi connectivity index (χ2n) is 7.85. The number of piperidine rings is 1. The number of methoxy groups -OCH3 is 2. The molecular formula is C24H30N2O4. The van der Waals surface area contributed by atoms with Gasteiger partial charge in [0.2, 0.25) is 0 Å². The smallest absolute Gasteiger partial charge is 0.164 e. The molecule has 1 aromatic heterocycles. The summed E-state index contributed by atoms with van der Waals surface area (Å²) in [4.78, 5) is 5.72. The number of likely N-dealkylation sites (tertiary alicyclic amines) is 1. The molecule has 1 aliphatic rings. The van der Waals surface area contributed by atoms with E-state index in [1.807, 2.05) is 6.07 Å². The van der Waals surface area contributed by atoms with Crippen LogP contribution in [0, 0.1) is 0 Å². The van der Waals surface area contributed by atoms with Gasteiger partial charge in [-0.15, -0.1) is 0 Å². The number of para-hydroxylation sites is 1. The molecule has 0 saturated carbocycles. The van der Waals surface area contributed by atoms with Gasteiger partial charge in [0.15, 0.2) is 11.5 Å². The fourth-order valence-corrected chi connectivity index (χ4v) is 4.31. The van der Waals surface area contributed by atoms with Gasteiger partial charge in [0, 0.05) is 29.7 Å². The van der Waals surface area contributed by atoms with E-state index >= 15 is 0 Å². The second-order valence-corrected chi connectivity index (χ2v) is 7.85. The lowest BCUT2D eigenvalue weighted by Gasteiger charge is -2.33. The molecule has 4 rings (SSSR count). The van der Waals surface area contributed by atoms with E-state index in [-0.39, 0.29) is 6.61 Å². The van der Waals surface area contributed by atoms with Gasteiger partial charge in [-0.25, -0.2) is 0 Å². The number of H-pyrrole nitrogens is 1. The van der Waals surface area contributed by atoms with E-state index in [2.05, 4.69) is 40.3 Å². The fraction of sp³-hybridized carbons (Fsp3) is 0.417. The van der Waals surface area contributed by atoms with Gasteiger partial charge in [-0.2, -0.15) is 0 Å². The zero-order chi connectivity index (χ0) is 20.9. The molecular weight excluding hydrogens is 380 g/mol. The number of aliphatic hydroxyl groups excluding tert-OH is 1. The summed E-state index contributed by atoms with van der Waals surface area (Å²) in [5.41, 5.74) is 2.63. The van der Waals surface area contributed by atoms with Gasteiger partial charge in [-0.05, 0) is 55.6 Å². The highest BCUT2D eigenvalue weighted by molar-refractivity contribution is 5.83. The first kappa shape index (κ1) is 20.6. The first-order chi connectivity index (χ1) is 14.7. The summed E-state index contributed by atoms with van der Waals surface area (Å²) in [6, 6.07) is 13.9. The van der Waals surface area contributed by atoms with E-state index in [4.69, 9.17) is 14.2 Å². The molecule has 2 aromatic carbocycles. The molecule has 0 bridgehead atoms. The Labute approximate surface area is 177 Å². The summed E-state index contributed by atoms with van der Waals surface area (Å²) in [7, 11) is 3.19. The summed E-state index contributed by atoms with van der Waals surface area (Å²) in [6.45, 7) is 2.83. The maximum atomic E-state index is 10.5. The largest absolute Gasteiger partial charge is 0.493 e. The lowest BCUT2D eigenvalue weighted by atomic mass is 9.89. The van der Waals surface area contributed by atoms with Crippen molar-refractivity contribution in [3.05, 3.63) is 54.2 Å². The number of nitrogens with one attached hydrogen (secondary N) is 1. The Kier molecular flexibility index (Phi) is 6.45. The van der Waals surface area contributed by atoms with Crippen molar-refractivity contribution in [1.29, 1.82) is 0 Å². The van der Waals surface area contributed by atoms with Crippen molar-refractivity contribution in [2.24, 2.45) is 0 Å². The maximum absolute atomic E-state index is 10.5. The molecule has 6 heteroatoms. The van der Waals surface area contributed by atoms with Crippen molar-refractivity contribution in [3.8, 4) is 17.2 Å². The number of fused-ring (bicyclic) bond motifs is 1. The molecule has 1 atom stereocenters. The van der Waals surface area contributed by atoms with E-state index in [9.17, 15) is 5.11 Å². The topological polar surface area (TPSA) is 67.0 Å². The Hall–Kier alpha value is -2.70. The molecule has 1 unspecified atom stereocenters. The maximum Gasteiger partial charge on any atom is 0.164 e. The van der Waals surface area contributed by atoms with Crippen LogP contribution in [0.5, 0.6) is 17.2 Å². The number of rotatable bonds is 8. The van der Waals surface area contributed by atoms with Crippen LogP contribution in [0.1, 0.15) is 24.3 Å². The third-order valence-electron chi connectivity index (χ3n) is 5.91. The average Bonchev–Trinajstić information content (AvgIpc) is 3.22. The number of hydrogen-bond donors (Lipinski definition) is 2. The summed E-state index contributed by atoms with van der Waals surface area (Å²) in [5.74, 6) is 2.50. The van der Waals surface area contributed by atoms with Crippen LogP contribution in [0.2, 0.25) is 0 Å². The van der Waals surface area contributed by atoms with Gasteiger partial charge in [-0.3, -0.25) is 0 Å². The molecule has 160 valence electrons. The third-order valence-corrected chi connectivity index (χ3v) is 5.91. The highest BCUT2D eigenvalue weighted by atomic mass is 16.5. The van der Waals surface area contributed by atoms with Crippen molar-refractivity contribution in [3.63, 3.8) is 0 Å². The molecule has 6 nitrogen and oxygen atoms in total. The van der Waals surface area contributed by atoms with Gasteiger partial charge < -0.3 is 29.2 Å². The molecule has 2 heterocycles. The molecule has 0 spiro atoms. The Morgan fingerprint density at radius 1 is 1.07 bits per heavy atom. The van der Waals surface area contributed by atoms with Crippen LogP contribution in [0.3, 0.4) is 0 Å². The Morgan fingerprint density at radius 2 is 1.83 bits per heavy atom. The monoisotopic (exact) mass is 410 g/mol. The van der Waals surface area contributed by atoms with E-state index in [1.165, 1.54) is 16.5 Å². The van der Waals surface area contributed by atoms with E-state index in [0.29, 0.717) is 29.7 Å². The number of aromatic amines is 1. The molecule has 1 aliphatic heterocycles. The molecule has 0 amide bonds.